The molecule has 0 radical (unpaired) electrons. The van der Waals surface area contributed by atoms with E-state index in [0.29, 0.717) is 5.15 Å². The third kappa shape index (κ3) is 2.19. The Kier molecular flexibility index (Phi) is 3.09. The SMILES string of the molecule is [CH3][Zn]([Cl])[c]1ccc(Cl)nc1. The fraction of sp³-hybridized carbons (Fsp3) is 0.167. The van der Waals surface area contributed by atoms with Crippen LogP contribution in [0.25, 0.3) is 0 Å². The van der Waals surface area contributed by atoms with E-state index in [1.807, 2.05) is 6.07 Å². The molecule has 0 unspecified atom stereocenters. The second-order valence-corrected chi connectivity index (χ2v) is 11.7. The molecule has 1 nitrogen and oxygen atoms in total. The fourth-order valence-electron chi connectivity index (χ4n) is 0.695. The summed E-state index contributed by atoms with van der Waals surface area (Å²) in [5.74, 6) is 0. The van der Waals surface area contributed by atoms with E-state index in [-0.39, 0.29) is 0 Å². The minimum atomic E-state index is -1.80. The van der Waals surface area contributed by atoms with Crippen molar-refractivity contribution < 1.29 is 15.0 Å². The summed E-state index contributed by atoms with van der Waals surface area (Å²) in [6.45, 7) is 0. The monoisotopic (exact) mass is 226 g/mol. The molecule has 4 heteroatoms. The van der Waals surface area contributed by atoms with E-state index in [0.717, 1.165) is 0 Å². The molecule has 1 heterocycles. The van der Waals surface area contributed by atoms with Crippen molar-refractivity contribution in [3.05, 3.63) is 23.5 Å². The number of halogens is 2. The first kappa shape index (κ1) is 8.45. The first-order valence-corrected chi connectivity index (χ1v) is 11.9. The summed E-state index contributed by atoms with van der Waals surface area (Å²) in [4.78, 5) is 3.93. The predicted octanol–water partition coefficient (Wildman–Crippen LogP) is 2.18. The predicted molar refractivity (Wildman–Crippen MR) is 40.6 cm³/mol. The van der Waals surface area contributed by atoms with Crippen LogP contribution in [0.5, 0.6) is 0 Å². The molecular formula is C6H6Cl2NZn. The van der Waals surface area contributed by atoms with E-state index in [2.05, 4.69) is 10.5 Å². The molecule has 0 fully saturated rings. The first-order chi connectivity index (χ1) is 4.70. The molecule has 0 bridgehead atoms. The summed E-state index contributed by atoms with van der Waals surface area (Å²) in [7, 11) is 5.98. The molecule has 10 heavy (non-hydrogen) atoms. The molecule has 0 spiro atoms. The van der Waals surface area contributed by atoms with Crippen LogP contribution in [-0.2, 0) is 15.0 Å². The van der Waals surface area contributed by atoms with Crippen LogP contribution in [0.3, 0.4) is 0 Å². The summed E-state index contributed by atoms with van der Waals surface area (Å²) in [5.41, 5.74) is 2.10. The van der Waals surface area contributed by atoms with Crippen molar-refractivity contribution in [2.24, 2.45) is 0 Å². The third-order valence-electron chi connectivity index (χ3n) is 1.35. The van der Waals surface area contributed by atoms with Crippen molar-refractivity contribution in [2.45, 2.75) is 5.52 Å². The Morgan fingerprint density at radius 1 is 1.50 bits per heavy atom. The Morgan fingerprint density at radius 2 is 2.20 bits per heavy atom. The van der Waals surface area contributed by atoms with Crippen molar-refractivity contribution in [3.8, 4) is 0 Å². The minimum absolute atomic E-state index is 0.534. The molecule has 1 aromatic rings. The van der Waals surface area contributed by atoms with Crippen LogP contribution < -0.4 is 4.16 Å². The van der Waals surface area contributed by atoms with Gasteiger partial charge >= 0.3 is 74.4 Å². The normalized spacial score (nSPS) is 9.50. The molecule has 51 valence electrons. The Morgan fingerprint density at radius 3 is 2.60 bits per heavy atom. The van der Waals surface area contributed by atoms with E-state index in [1.54, 1.807) is 12.3 Å². The van der Waals surface area contributed by atoms with Crippen molar-refractivity contribution in [1.82, 2.24) is 4.98 Å². The van der Waals surface area contributed by atoms with Gasteiger partial charge in [-0.1, -0.05) is 0 Å². The summed E-state index contributed by atoms with van der Waals surface area (Å²) in [5, 5.41) is 0.534. The second-order valence-electron chi connectivity index (χ2n) is 2.24. The Bertz CT molecular complexity index is 209. The zero-order valence-electron chi connectivity index (χ0n) is 5.64. The average Bonchev–Trinajstić information content (AvgIpc) is 1.88. The number of pyridine rings is 1. The molecule has 1 aromatic heterocycles. The molecule has 0 aliphatic heterocycles. The number of nitrogens with zero attached hydrogens (tertiary/aromatic N) is 1. The second kappa shape index (κ2) is 3.66. The van der Waals surface area contributed by atoms with Crippen molar-refractivity contribution >= 4 is 25.4 Å². The van der Waals surface area contributed by atoms with Gasteiger partial charge in [-0.05, 0) is 0 Å². The Balaban J connectivity index is 2.89. The van der Waals surface area contributed by atoms with E-state index in [9.17, 15) is 0 Å². The quantitative estimate of drug-likeness (QED) is 0.530. The summed E-state index contributed by atoms with van der Waals surface area (Å²) in [6.07, 6.45) is 1.77. The van der Waals surface area contributed by atoms with E-state index in [4.69, 9.17) is 21.3 Å². The van der Waals surface area contributed by atoms with Gasteiger partial charge in [0.25, 0.3) is 0 Å². The summed E-state index contributed by atoms with van der Waals surface area (Å²) in [6, 6.07) is 3.74. The van der Waals surface area contributed by atoms with Crippen LogP contribution in [0.4, 0.5) is 0 Å². The standard InChI is InChI=1S/C5H3ClN.CH3.ClH.Zn/c6-5-3-1-2-4-7-5;;;/h1,3-4H;1H3;1H;/q;;;+1/p-1. The van der Waals surface area contributed by atoms with Gasteiger partial charge in [0.05, 0.1) is 0 Å². The third-order valence-corrected chi connectivity index (χ3v) is 6.42. The van der Waals surface area contributed by atoms with Gasteiger partial charge in [0.15, 0.2) is 0 Å². The fourth-order valence-corrected chi connectivity index (χ4v) is 3.28. The molecule has 0 aliphatic rings. The van der Waals surface area contributed by atoms with Crippen LogP contribution in [0.2, 0.25) is 10.7 Å². The van der Waals surface area contributed by atoms with Crippen molar-refractivity contribution in [3.63, 3.8) is 0 Å². The van der Waals surface area contributed by atoms with Crippen LogP contribution in [0.1, 0.15) is 0 Å². The van der Waals surface area contributed by atoms with E-state index < -0.39 is 15.0 Å². The maximum atomic E-state index is 5.98. The van der Waals surface area contributed by atoms with Crippen molar-refractivity contribution in [1.29, 1.82) is 0 Å². The zero-order valence-corrected chi connectivity index (χ0v) is 10.1. The number of rotatable bonds is 1. The van der Waals surface area contributed by atoms with Gasteiger partial charge in [0.1, 0.15) is 0 Å². The van der Waals surface area contributed by atoms with Gasteiger partial charge in [0, 0.05) is 0 Å². The molecule has 0 saturated carbocycles. The zero-order chi connectivity index (χ0) is 7.56. The van der Waals surface area contributed by atoms with Crippen LogP contribution in [0, 0.1) is 0 Å². The maximum absolute atomic E-state index is 5.98. The van der Waals surface area contributed by atoms with Gasteiger partial charge in [-0.15, -0.1) is 0 Å². The topological polar surface area (TPSA) is 12.9 Å². The van der Waals surface area contributed by atoms with Gasteiger partial charge in [-0.25, -0.2) is 0 Å². The summed E-state index contributed by atoms with van der Waals surface area (Å²) >= 11 is 3.79. The number of aromatic nitrogens is 1. The summed E-state index contributed by atoms with van der Waals surface area (Å²) < 4.78 is 1.20. The van der Waals surface area contributed by atoms with Crippen LogP contribution >= 0.6 is 21.3 Å². The molecular weight excluding hydrogens is 222 g/mol. The van der Waals surface area contributed by atoms with Gasteiger partial charge in [-0.3, -0.25) is 0 Å². The van der Waals surface area contributed by atoms with Crippen molar-refractivity contribution in [2.75, 3.05) is 0 Å². The van der Waals surface area contributed by atoms with Gasteiger partial charge < -0.3 is 0 Å². The Hall–Kier alpha value is 0.353. The van der Waals surface area contributed by atoms with Gasteiger partial charge in [0.2, 0.25) is 0 Å². The molecule has 0 amide bonds. The molecule has 1 rings (SSSR count). The first-order valence-electron chi connectivity index (χ1n) is 3.20. The number of hydrogen-bond acceptors (Lipinski definition) is 1. The van der Waals surface area contributed by atoms with Crippen LogP contribution in [-0.4, -0.2) is 4.98 Å². The molecule has 0 aromatic carbocycles. The Labute approximate surface area is 74.3 Å². The molecule has 0 aliphatic carbocycles. The average molecular weight is 228 g/mol. The van der Waals surface area contributed by atoms with Gasteiger partial charge in [-0.2, -0.15) is 0 Å². The van der Waals surface area contributed by atoms with E-state index in [1.165, 1.54) is 4.16 Å². The molecule has 0 N–H and O–H groups in total. The van der Waals surface area contributed by atoms with Crippen LogP contribution in [0.15, 0.2) is 18.3 Å². The number of hydrogen-bond donors (Lipinski definition) is 0. The van der Waals surface area contributed by atoms with E-state index >= 15 is 0 Å². The molecule has 0 saturated heterocycles. The molecule has 0 atom stereocenters.